The number of benzene rings is 1. The molecule has 0 radical (unpaired) electrons. The molecule has 0 spiro atoms. The van der Waals surface area contributed by atoms with E-state index in [0.29, 0.717) is 16.5 Å². The quantitative estimate of drug-likeness (QED) is 0.939. The van der Waals surface area contributed by atoms with Gasteiger partial charge in [-0.3, -0.25) is 0 Å². The summed E-state index contributed by atoms with van der Waals surface area (Å²) in [4.78, 5) is 8.99. The van der Waals surface area contributed by atoms with Crippen LogP contribution in [0.4, 0.5) is 0 Å². The summed E-state index contributed by atoms with van der Waals surface area (Å²) in [7, 11) is 0. The molecule has 0 saturated heterocycles. The fourth-order valence-electron chi connectivity index (χ4n) is 2.07. The molecule has 0 aliphatic carbocycles. The van der Waals surface area contributed by atoms with Gasteiger partial charge in [-0.05, 0) is 37.6 Å². The minimum absolute atomic E-state index is 0.0704. The summed E-state index contributed by atoms with van der Waals surface area (Å²) >= 11 is 12.4. The minimum Gasteiger partial charge on any atom is -0.328 e. The molecule has 106 valence electrons. The van der Waals surface area contributed by atoms with Crippen LogP contribution in [-0.4, -0.2) is 16.0 Å². The monoisotopic (exact) mass is 309 g/mol. The molecule has 0 bridgehead atoms. The van der Waals surface area contributed by atoms with Gasteiger partial charge in [0, 0.05) is 40.3 Å². The highest BCUT2D eigenvalue weighted by Gasteiger charge is 2.10. The maximum absolute atomic E-state index is 6.18. The van der Waals surface area contributed by atoms with Crippen molar-refractivity contribution in [1.82, 2.24) is 9.97 Å². The number of hydrogen-bond acceptors (Lipinski definition) is 3. The summed E-state index contributed by atoms with van der Waals surface area (Å²) in [5.74, 6) is 0.718. The van der Waals surface area contributed by atoms with E-state index in [-0.39, 0.29) is 6.04 Å². The number of nitrogens with zero attached hydrogens (tertiary/aromatic N) is 2. The Morgan fingerprint density at radius 2 is 1.85 bits per heavy atom. The van der Waals surface area contributed by atoms with Crippen molar-refractivity contribution in [3.05, 3.63) is 57.1 Å². The van der Waals surface area contributed by atoms with Crippen LogP contribution in [0.3, 0.4) is 0 Å². The van der Waals surface area contributed by atoms with E-state index in [0.717, 1.165) is 29.2 Å². The van der Waals surface area contributed by atoms with E-state index < -0.39 is 0 Å². The van der Waals surface area contributed by atoms with Gasteiger partial charge < -0.3 is 5.73 Å². The number of hydrogen-bond donors (Lipinski definition) is 1. The van der Waals surface area contributed by atoms with Gasteiger partial charge in [0.2, 0.25) is 0 Å². The zero-order chi connectivity index (χ0) is 14.7. The molecule has 2 rings (SSSR count). The van der Waals surface area contributed by atoms with E-state index in [2.05, 4.69) is 9.97 Å². The Bertz CT molecular complexity index is 592. The number of aryl methyl sites for hydroxylation is 1. The third kappa shape index (κ3) is 3.92. The molecule has 0 amide bonds. The summed E-state index contributed by atoms with van der Waals surface area (Å²) in [5, 5.41) is 1.27. The smallest absolute Gasteiger partial charge is 0.133 e. The topological polar surface area (TPSA) is 51.8 Å². The molecule has 5 heteroatoms. The van der Waals surface area contributed by atoms with Gasteiger partial charge in [-0.15, -0.1) is 0 Å². The van der Waals surface area contributed by atoms with Gasteiger partial charge in [0.1, 0.15) is 5.82 Å². The Kier molecular flexibility index (Phi) is 4.97. The van der Waals surface area contributed by atoms with Crippen LogP contribution in [-0.2, 0) is 12.8 Å². The Balaban J connectivity index is 2.31. The van der Waals surface area contributed by atoms with Crippen LogP contribution in [0.1, 0.15) is 29.7 Å². The summed E-state index contributed by atoms with van der Waals surface area (Å²) in [6, 6.07) is 7.50. The fraction of sp³-hybridized carbons (Fsp3) is 0.333. The van der Waals surface area contributed by atoms with Crippen LogP contribution in [0.25, 0.3) is 0 Å². The second kappa shape index (κ2) is 6.53. The highest BCUT2D eigenvalue weighted by atomic mass is 35.5. The van der Waals surface area contributed by atoms with E-state index in [1.807, 2.05) is 38.1 Å². The van der Waals surface area contributed by atoms with Crippen molar-refractivity contribution in [2.45, 2.75) is 32.7 Å². The van der Waals surface area contributed by atoms with E-state index in [1.54, 1.807) is 0 Å². The summed E-state index contributed by atoms with van der Waals surface area (Å²) in [6.07, 6.45) is 1.25. The van der Waals surface area contributed by atoms with Crippen molar-refractivity contribution in [3.8, 4) is 0 Å². The number of aromatic nitrogens is 2. The van der Waals surface area contributed by atoms with Crippen molar-refractivity contribution in [3.63, 3.8) is 0 Å². The van der Waals surface area contributed by atoms with E-state index in [4.69, 9.17) is 28.9 Å². The largest absolute Gasteiger partial charge is 0.328 e. The Morgan fingerprint density at radius 1 is 1.20 bits per heavy atom. The first-order valence-electron chi connectivity index (χ1n) is 6.47. The molecule has 1 heterocycles. The zero-order valence-electron chi connectivity index (χ0n) is 11.5. The molecular weight excluding hydrogens is 293 g/mol. The molecule has 0 aliphatic heterocycles. The Morgan fingerprint density at radius 3 is 2.45 bits per heavy atom. The number of nitrogens with two attached hydrogens (primary N) is 1. The van der Waals surface area contributed by atoms with Crippen molar-refractivity contribution in [1.29, 1.82) is 0 Å². The van der Waals surface area contributed by atoms with Crippen molar-refractivity contribution < 1.29 is 0 Å². The van der Waals surface area contributed by atoms with Crippen LogP contribution in [0.15, 0.2) is 24.3 Å². The lowest BCUT2D eigenvalue weighted by molar-refractivity contribution is 0.711. The molecule has 1 aromatic carbocycles. The molecule has 1 unspecified atom stereocenters. The van der Waals surface area contributed by atoms with Crippen molar-refractivity contribution in [2.24, 2.45) is 5.73 Å². The van der Waals surface area contributed by atoms with E-state index in [9.17, 15) is 0 Å². The molecule has 2 aromatic rings. The molecule has 20 heavy (non-hydrogen) atoms. The van der Waals surface area contributed by atoms with Crippen LogP contribution in [0, 0.1) is 6.92 Å². The third-order valence-electron chi connectivity index (χ3n) is 2.88. The predicted molar refractivity (Wildman–Crippen MR) is 83.4 cm³/mol. The van der Waals surface area contributed by atoms with Gasteiger partial charge in [0.15, 0.2) is 0 Å². The average Bonchev–Trinajstić information content (AvgIpc) is 2.32. The average molecular weight is 310 g/mol. The predicted octanol–water partition coefficient (Wildman–Crippen LogP) is 3.57. The van der Waals surface area contributed by atoms with Crippen LogP contribution < -0.4 is 5.73 Å². The Labute approximate surface area is 129 Å². The Hall–Kier alpha value is -1.16. The lowest BCUT2D eigenvalue weighted by Gasteiger charge is -2.10. The molecule has 0 fully saturated rings. The molecule has 0 aliphatic rings. The van der Waals surface area contributed by atoms with Crippen molar-refractivity contribution in [2.75, 3.05) is 0 Å². The van der Waals surface area contributed by atoms with Gasteiger partial charge in [-0.2, -0.15) is 0 Å². The van der Waals surface area contributed by atoms with Crippen LogP contribution in [0.2, 0.25) is 10.0 Å². The zero-order valence-corrected chi connectivity index (χ0v) is 13.0. The van der Waals surface area contributed by atoms with Gasteiger partial charge in [-0.25, -0.2) is 9.97 Å². The van der Waals surface area contributed by atoms with Gasteiger partial charge in [0.05, 0.1) is 0 Å². The van der Waals surface area contributed by atoms with Gasteiger partial charge in [0.25, 0.3) is 0 Å². The summed E-state index contributed by atoms with van der Waals surface area (Å²) < 4.78 is 0. The lowest BCUT2D eigenvalue weighted by Crippen LogP contribution is -2.19. The van der Waals surface area contributed by atoms with E-state index in [1.165, 1.54) is 0 Å². The number of halogens is 2. The third-order valence-corrected chi connectivity index (χ3v) is 3.59. The van der Waals surface area contributed by atoms with Crippen molar-refractivity contribution >= 4 is 23.2 Å². The summed E-state index contributed by atoms with van der Waals surface area (Å²) in [5.41, 5.74) is 8.55. The number of rotatable bonds is 4. The highest BCUT2D eigenvalue weighted by molar-refractivity contribution is 6.36. The SMILES string of the molecule is Cc1cc(CC(C)N)nc(Cc2c(Cl)cccc2Cl)n1. The minimum atomic E-state index is 0.0704. The standard InChI is InChI=1S/C15H17Cl2N3/c1-9(18)6-11-7-10(2)19-15(20-11)8-12-13(16)4-3-5-14(12)17/h3-5,7,9H,6,8,18H2,1-2H3. The second-order valence-corrected chi connectivity index (χ2v) is 5.79. The molecule has 2 N–H and O–H groups in total. The first-order chi connectivity index (χ1) is 9.45. The molecule has 1 aromatic heterocycles. The van der Waals surface area contributed by atoms with Gasteiger partial charge >= 0.3 is 0 Å². The first-order valence-corrected chi connectivity index (χ1v) is 7.23. The first kappa shape index (κ1) is 15.2. The second-order valence-electron chi connectivity index (χ2n) is 4.98. The van der Waals surface area contributed by atoms with Crippen LogP contribution in [0.5, 0.6) is 0 Å². The maximum Gasteiger partial charge on any atom is 0.133 e. The van der Waals surface area contributed by atoms with E-state index >= 15 is 0 Å². The lowest BCUT2D eigenvalue weighted by atomic mass is 10.1. The van der Waals surface area contributed by atoms with Crippen LogP contribution >= 0.6 is 23.2 Å². The molecular formula is C15H17Cl2N3. The normalized spacial score (nSPS) is 12.4. The maximum atomic E-state index is 6.18. The molecule has 3 nitrogen and oxygen atoms in total. The fourth-order valence-corrected chi connectivity index (χ4v) is 2.60. The summed E-state index contributed by atoms with van der Waals surface area (Å²) in [6.45, 7) is 3.91. The van der Waals surface area contributed by atoms with Gasteiger partial charge in [-0.1, -0.05) is 29.3 Å². The molecule has 0 saturated carbocycles. The molecule has 1 atom stereocenters. The highest BCUT2D eigenvalue weighted by Crippen LogP contribution is 2.26.